The molecule has 3 aromatic rings. The number of hydrogen-bond acceptors (Lipinski definition) is 6. The van der Waals surface area contributed by atoms with Crippen molar-refractivity contribution in [3.8, 4) is 0 Å². The fraction of sp³-hybridized carbons (Fsp3) is 0.318. The summed E-state index contributed by atoms with van der Waals surface area (Å²) in [6.07, 6.45) is 4.15. The molecule has 0 aliphatic carbocycles. The van der Waals surface area contributed by atoms with Crippen molar-refractivity contribution in [2.24, 2.45) is 7.05 Å². The standard InChI is InChI=1S/C22H24N4O4/c1-25-12-16(18-10-14(22(28)29-2)3-5-19(18)25)9-17-13-30-8-7-26(17)21(27)15-4-6-20(23)24-11-15/h3-6,10-12,17H,7-9,13H2,1-2H3,(H2,23,24)/t17-/m0/s1. The Balaban J connectivity index is 1.64. The van der Waals surface area contributed by atoms with Gasteiger partial charge in [-0.2, -0.15) is 0 Å². The maximum Gasteiger partial charge on any atom is 0.337 e. The molecule has 2 N–H and O–H groups in total. The number of nitrogens with two attached hydrogens (primary N) is 1. The van der Waals surface area contributed by atoms with E-state index in [9.17, 15) is 9.59 Å². The van der Waals surface area contributed by atoms with Gasteiger partial charge >= 0.3 is 5.97 Å². The van der Waals surface area contributed by atoms with Gasteiger partial charge < -0.3 is 24.7 Å². The monoisotopic (exact) mass is 408 g/mol. The van der Waals surface area contributed by atoms with E-state index in [4.69, 9.17) is 15.2 Å². The normalized spacial score (nSPS) is 16.6. The first-order chi connectivity index (χ1) is 14.5. The molecule has 30 heavy (non-hydrogen) atoms. The van der Waals surface area contributed by atoms with E-state index in [1.165, 1.54) is 13.3 Å². The van der Waals surface area contributed by atoms with Crippen molar-refractivity contribution in [1.82, 2.24) is 14.5 Å². The van der Waals surface area contributed by atoms with Crippen LogP contribution < -0.4 is 5.73 Å². The van der Waals surface area contributed by atoms with Crippen LogP contribution in [0.5, 0.6) is 0 Å². The van der Waals surface area contributed by atoms with E-state index >= 15 is 0 Å². The van der Waals surface area contributed by atoms with E-state index in [1.807, 2.05) is 34.8 Å². The van der Waals surface area contributed by atoms with Crippen molar-refractivity contribution in [2.45, 2.75) is 12.5 Å². The molecule has 0 radical (unpaired) electrons. The van der Waals surface area contributed by atoms with E-state index in [2.05, 4.69) is 4.98 Å². The first-order valence-electron chi connectivity index (χ1n) is 9.74. The lowest BCUT2D eigenvalue weighted by Gasteiger charge is -2.35. The summed E-state index contributed by atoms with van der Waals surface area (Å²) in [5.41, 5.74) is 8.70. The summed E-state index contributed by atoms with van der Waals surface area (Å²) < 4.78 is 12.6. The first-order valence-corrected chi connectivity index (χ1v) is 9.74. The molecule has 1 saturated heterocycles. The molecule has 0 spiro atoms. The Morgan fingerprint density at radius 2 is 2.07 bits per heavy atom. The highest BCUT2D eigenvalue weighted by Gasteiger charge is 2.29. The summed E-state index contributed by atoms with van der Waals surface area (Å²) in [5.74, 6) is -0.0890. The van der Waals surface area contributed by atoms with Gasteiger partial charge in [0.25, 0.3) is 5.91 Å². The van der Waals surface area contributed by atoms with Gasteiger partial charge in [-0.15, -0.1) is 0 Å². The van der Waals surface area contributed by atoms with E-state index < -0.39 is 0 Å². The van der Waals surface area contributed by atoms with Gasteiger partial charge in [0.15, 0.2) is 0 Å². The lowest BCUT2D eigenvalue weighted by molar-refractivity contribution is -0.00158. The van der Waals surface area contributed by atoms with Crippen LogP contribution in [0.15, 0.2) is 42.7 Å². The fourth-order valence-corrected chi connectivity index (χ4v) is 3.92. The smallest absolute Gasteiger partial charge is 0.337 e. The van der Waals surface area contributed by atoms with Gasteiger partial charge in [-0.1, -0.05) is 0 Å². The molecule has 1 aromatic carbocycles. The van der Waals surface area contributed by atoms with Gasteiger partial charge in [0, 0.05) is 36.9 Å². The number of hydrogen-bond donors (Lipinski definition) is 1. The molecule has 1 atom stereocenters. The molecule has 1 aliphatic rings. The van der Waals surface area contributed by atoms with Crippen LogP contribution in [0, 0.1) is 0 Å². The van der Waals surface area contributed by atoms with E-state index in [-0.39, 0.29) is 17.9 Å². The van der Waals surface area contributed by atoms with Crippen molar-refractivity contribution >= 4 is 28.6 Å². The van der Waals surface area contributed by atoms with Crippen molar-refractivity contribution < 1.29 is 19.1 Å². The van der Waals surface area contributed by atoms with Crippen molar-refractivity contribution in [2.75, 3.05) is 32.6 Å². The lowest BCUT2D eigenvalue weighted by Crippen LogP contribution is -2.49. The quantitative estimate of drug-likeness (QED) is 0.663. The summed E-state index contributed by atoms with van der Waals surface area (Å²) in [6.45, 7) is 1.44. The summed E-state index contributed by atoms with van der Waals surface area (Å²) in [6, 6.07) is 8.70. The van der Waals surface area contributed by atoms with Gasteiger partial charge in [0.1, 0.15) is 5.82 Å². The molecular formula is C22H24N4O4. The number of methoxy groups -OCH3 is 1. The minimum atomic E-state index is -0.375. The highest BCUT2D eigenvalue weighted by atomic mass is 16.5. The summed E-state index contributed by atoms with van der Waals surface area (Å²) in [7, 11) is 3.33. The third-order valence-electron chi connectivity index (χ3n) is 5.47. The summed E-state index contributed by atoms with van der Waals surface area (Å²) >= 11 is 0. The number of aromatic nitrogens is 2. The highest BCUT2D eigenvalue weighted by molar-refractivity contribution is 5.96. The van der Waals surface area contributed by atoms with E-state index in [0.717, 1.165) is 16.5 Å². The number of morpholine rings is 1. The maximum atomic E-state index is 13.1. The number of carbonyl (C=O) groups excluding carboxylic acids is 2. The van der Waals surface area contributed by atoms with Crippen LogP contribution in [0.1, 0.15) is 26.3 Å². The minimum Gasteiger partial charge on any atom is -0.465 e. The predicted octanol–water partition coefficient (Wildman–Crippen LogP) is 2.03. The number of nitrogen functional groups attached to an aromatic ring is 1. The Morgan fingerprint density at radius 3 is 2.80 bits per heavy atom. The number of esters is 1. The minimum absolute atomic E-state index is 0.0914. The van der Waals surface area contributed by atoms with Gasteiger partial charge in [0.2, 0.25) is 0 Å². The molecule has 1 amide bonds. The average molecular weight is 408 g/mol. The molecule has 156 valence electrons. The van der Waals surface area contributed by atoms with E-state index in [0.29, 0.717) is 43.1 Å². The van der Waals surface area contributed by atoms with Crippen LogP contribution in [0.4, 0.5) is 5.82 Å². The van der Waals surface area contributed by atoms with Crippen LogP contribution in [-0.4, -0.2) is 59.2 Å². The van der Waals surface area contributed by atoms with E-state index in [1.54, 1.807) is 18.2 Å². The average Bonchev–Trinajstić information content (AvgIpc) is 3.08. The molecule has 2 aromatic heterocycles. The molecule has 8 heteroatoms. The number of pyridine rings is 1. The summed E-state index contributed by atoms with van der Waals surface area (Å²) in [4.78, 5) is 30.9. The molecule has 1 aliphatic heterocycles. The van der Waals surface area contributed by atoms with Crippen LogP contribution >= 0.6 is 0 Å². The maximum absolute atomic E-state index is 13.1. The molecule has 0 unspecified atom stereocenters. The topological polar surface area (TPSA) is 99.7 Å². The van der Waals surface area contributed by atoms with Gasteiger partial charge in [-0.05, 0) is 42.3 Å². The molecular weight excluding hydrogens is 384 g/mol. The number of carbonyl (C=O) groups is 2. The molecule has 3 heterocycles. The molecule has 0 bridgehead atoms. The number of aryl methyl sites for hydroxylation is 1. The zero-order chi connectivity index (χ0) is 21.3. The Morgan fingerprint density at radius 1 is 1.27 bits per heavy atom. The Bertz CT molecular complexity index is 1090. The number of anilines is 1. The van der Waals surface area contributed by atoms with Gasteiger partial charge in [-0.3, -0.25) is 4.79 Å². The van der Waals surface area contributed by atoms with Crippen molar-refractivity contribution in [3.05, 3.63) is 59.4 Å². The second-order valence-corrected chi connectivity index (χ2v) is 7.39. The molecule has 4 rings (SSSR count). The number of amides is 1. The SMILES string of the molecule is COC(=O)c1ccc2c(c1)c(C[C@H]1COCCN1C(=O)c1ccc(N)nc1)cn2C. The lowest BCUT2D eigenvalue weighted by atomic mass is 10.0. The van der Waals surface area contributed by atoms with Crippen LogP contribution in [0.3, 0.4) is 0 Å². The Labute approximate surface area is 174 Å². The second-order valence-electron chi connectivity index (χ2n) is 7.39. The fourth-order valence-electron chi connectivity index (χ4n) is 3.92. The highest BCUT2D eigenvalue weighted by Crippen LogP contribution is 2.26. The van der Waals surface area contributed by atoms with Crippen molar-refractivity contribution in [1.29, 1.82) is 0 Å². The third-order valence-corrected chi connectivity index (χ3v) is 5.47. The number of rotatable bonds is 4. The molecule has 8 nitrogen and oxygen atoms in total. The Hall–Kier alpha value is -3.39. The molecule has 0 saturated carbocycles. The summed E-state index contributed by atoms with van der Waals surface area (Å²) in [5, 5.41) is 0.965. The third kappa shape index (κ3) is 3.73. The number of ether oxygens (including phenoxy) is 2. The number of benzene rings is 1. The predicted molar refractivity (Wildman–Crippen MR) is 112 cm³/mol. The zero-order valence-corrected chi connectivity index (χ0v) is 17.0. The number of nitrogens with zero attached hydrogens (tertiary/aromatic N) is 3. The largest absolute Gasteiger partial charge is 0.465 e. The zero-order valence-electron chi connectivity index (χ0n) is 17.0. The second kappa shape index (κ2) is 8.16. The van der Waals surface area contributed by atoms with Gasteiger partial charge in [0.05, 0.1) is 37.5 Å². The first kappa shape index (κ1) is 19.9. The van der Waals surface area contributed by atoms with Crippen LogP contribution in [0.2, 0.25) is 0 Å². The Kier molecular flexibility index (Phi) is 5.41. The van der Waals surface area contributed by atoms with Crippen LogP contribution in [0.25, 0.3) is 10.9 Å². The number of fused-ring (bicyclic) bond motifs is 1. The van der Waals surface area contributed by atoms with Gasteiger partial charge in [-0.25, -0.2) is 9.78 Å². The van der Waals surface area contributed by atoms with Crippen LogP contribution in [-0.2, 0) is 22.9 Å². The molecule has 1 fully saturated rings. The van der Waals surface area contributed by atoms with Crippen molar-refractivity contribution in [3.63, 3.8) is 0 Å².